The second kappa shape index (κ2) is 3.32. The van der Waals surface area contributed by atoms with E-state index < -0.39 is 0 Å². The van der Waals surface area contributed by atoms with Gasteiger partial charge in [0.25, 0.3) is 0 Å². The van der Waals surface area contributed by atoms with Crippen LogP contribution in [0, 0.1) is 0 Å². The van der Waals surface area contributed by atoms with Gasteiger partial charge in [0.05, 0.1) is 0 Å². The average Bonchev–Trinajstić information content (AvgIpc) is 1.69. The maximum atomic E-state index is 5.25. The number of hydrogen-bond donors (Lipinski definition) is 1. The van der Waals surface area contributed by atoms with Gasteiger partial charge in [0.2, 0.25) is 0 Å². The lowest BCUT2D eigenvalue weighted by atomic mass is 10.5. The van der Waals surface area contributed by atoms with Gasteiger partial charge in [-0.1, -0.05) is 6.07 Å². The van der Waals surface area contributed by atoms with Crippen molar-refractivity contribution in [3.05, 3.63) is 24.4 Å². The average molecular weight is 128 g/mol. The summed E-state index contributed by atoms with van der Waals surface area (Å²) < 4.78 is 0. The molecule has 0 aliphatic rings. The maximum Gasteiger partial charge on any atom is 0.123 e. The van der Waals surface area contributed by atoms with Gasteiger partial charge in [-0.25, -0.2) is 4.98 Å². The summed E-state index contributed by atoms with van der Waals surface area (Å²) in [7, 11) is 0. The second-order valence-electron chi connectivity index (χ2n) is 1.25. The molecule has 0 spiro atoms. The summed E-state index contributed by atoms with van der Waals surface area (Å²) in [5.74, 6) is 0.572. The largest absolute Gasteiger partial charge is 0.384 e. The first-order valence-electron chi connectivity index (χ1n) is 2.06. The van der Waals surface area contributed by atoms with E-state index in [0.717, 1.165) is 0 Å². The molecule has 0 bridgehead atoms. The van der Waals surface area contributed by atoms with Crippen LogP contribution in [0.25, 0.3) is 0 Å². The fourth-order valence-electron chi connectivity index (χ4n) is 0.376. The summed E-state index contributed by atoms with van der Waals surface area (Å²) in [6.07, 6.45) is 1.66. The summed E-state index contributed by atoms with van der Waals surface area (Å²) in [6, 6.07) is 5.43. The molecule has 0 amide bonds. The molecule has 0 atom stereocenters. The van der Waals surface area contributed by atoms with Crippen LogP contribution in [0.1, 0.15) is 0 Å². The maximum absolute atomic E-state index is 5.25. The lowest BCUT2D eigenvalue weighted by molar-refractivity contribution is 1.34. The third kappa shape index (κ3) is 1.84. The van der Waals surface area contributed by atoms with E-state index in [9.17, 15) is 0 Å². The quantitative estimate of drug-likeness (QED) is 0.560. The van der Waals surface area contributed by atoms with Crippen LogP contribution < -0.4 is 5.73 Å². The Morgan fingerprint density at radius 3 is 2.38 bits per heavy atom. The molecule has 0 unspecified atom stereocenters. The van der Waals surface area contributed by atoms with E-state index in [4.69, 9.17) is 5.73 Å². The Kier molecular flexibility index (Phi) is 3.03. The van der Waals surface area contributed by atoms with E-state index in [0.29, 0.717) is 5.82 Å². The third-order valence-corrected chi connectivity index (χ3v) is 0.688. The van der Waals surface area contributed by atoms with Crippen LogP contribution in [0.5, 0.6) is 0 Å². The molecule has 1 heterocycles. The van der Waals surface area contributed by atoms with Gasteiger partial charge in [-0.2, -0.15) is 13.5 Å². The van der Waals surface area contributed by atoms with Gasteiger partial charge in [-0.3, -0.25) is 0 Å². The molecular formula is C5H8N2S. The Morgan fingerprint density at radius 1 is 1.38 bits per heavy atom. The van der Waals surface area contributed by atoms with Gasteiger partial charge >= 0.3 is 0 Å². The van der Waals surface area contributed by atoms with Crippen molar-refractivity contribution in [1.29, 1.82) is 0 Å². The zero-order valence-corrected chi connectivity index (χ0v) is 5.33. The predicted octanol–water partition coefficient (Wildman–Crippen LogP) is 0.777. The number of hydrogen-bond acceptors (Lipinski definition) is 2. The zero-order chi connectivity index (χ0) is 5.11. The fraction of sp³-hybridized carbons (Fsp3) is 0. The van der Waals surface area contributed by atoms with Crippen molar-refractivity contribution < 1.29 is 0 Å². The topological polar surface area (TPSA) is 38.9 Å². The zero-order valence-electron chi connectivity index (χ0n) is 4.33. The van der Waals surface area contributed by atoms with E-state index in [1.54, 1.807) is 12.3 Å². The molecule has 0 aliphatic carbocycles. The molecule has 2 nitrogen and oxygen atoms in total. The Labute approximate surface area is 55.2 Å². The molecule has 0 radical (unpaired) electrons. The molecule has 1 aromatic rings. The lowest BCUT2D eigenvalue weighted by Crippen LogP contribution is -1.85. The molecule has 1 aromatic heterocycles. The standard InChI is InChI=1S/C5H6N2.H2S/c6-5-3-1-2-4-7-5;/h1-4H,(H2,6,7);1H2. The Bertz CT molecular complexity index is 140. The minimum absolute atomic E-state index is 0. The highest BCUT2D eigenvalue weighted by Crippen LogP contribution is 1.89. The molecule has 0 fully saturated rings. The normalized spacial score (nSPS) is 7.50. The van der Waals surface area contributed by atoms with Gasteiger partial charge in [0.1, 0.15) is 5.82 Å². The van der Waals surface area contributed by atoms with Gasteiger partial charge in [0.15, 0.2) is 0 Å². The lowest BCUT2D eigenvalue weighted by Gasteiger charge is -1.82. The van der Waals surface area contributed by atoms with Crippen LogP contribution >= 0.6 is 13.5 Å². The van der Waals surface area contributed by atoms with Crippen molar-refractivity contribution in [2.45, 2.75) is 0 Å². The van der Waals surface area contributed by atoms with E-state index in [-0.39, 0.29) is 13.5 Å². The SMILES string of the molecule is Nc1ccccn1.S. The predicted molar refractivity (Wildman–Crippen MR) is 39.0 cm³/mol. The van der Waals surface area contributed by atoms with Gasteiger partial charge in [-0.05, 0) is 12.1 Å². The van der Waals surface area contributed by atoms with Gasteiger partial charge in [0, 0.05) is 6.20 Å². The van der Waals surface area contributed by atoms with Crippen molar-refractivity contribution in [2.24, 2.45) is 0 Å². The first-order chi connectivity index (χ1) is 3.39. The van der Waals surface area contributed by atoms with E-state index in [1.807, 2.05) is 12.1 Å². The van der Waals surface area contributed by atoms with Crippen molar-refractivity contribution >= 4 is 19.3 Å². The van der Waals surface area contributed by atoms with Gasteiger partial charge < -0.3 is 5.73 Å². The Hall–Kier alpha value is -0.700. The van der Waals surface area contributed by atoms with Gasteiger partial charge in [-0.15, -0.1) is 0 Å². The highest BCUT2D eigenvalue weighted by Gasteiger charge is 1.73. The molecule has 0 saturated heterocycles. The summed E-state index contributed by atoms with van der Waals surface area (Å²) in [4.78, 5) is 3.76. The van der Waals surface area contributed by atoms with Crippen LogP contribution in [0.4, 0.5) is 5.82 Å². The molecular weight excluding hydrogens is 120 g/mol. The first-order valence-corrected chi connectivity index (χ1v) is 2.06. The molecule has 0 aromatic carbocycles. The van der Waals surface area contributed by atoms with Crippen LogP contribution in [-0.4, -0.2) is 4.98 Å². The Balaban J connectivity index is 0.000000490. The third-order valence-electron chi connectivity index (χ3n) is 0.688. The van der Waals surface area contributed by atoms with E-state index in [2.05, 4.69) is 4.98 Å². The van der Waals surface area contributed by atoms with Crippen LogP contribution in [0.3, 0.4) is 0 Å². The van der Waals surface area contributed by atoms with E-state index >= 15 is 0 Å². The molecule has 3 heteroatoms. The highest BCUT2D eigenvalue weighted by atomic mass is 32.1. The van der Waals surface area contributed by atoms with Crippen molar-refractivity contribution in [1.82, 2.24) is 4.98 Å². The van der Waals surface area contributed by atoms with Crippen LogP contribution in [0.2, 0.25) is 0 Å². The minimum Gasteiger partial charge on any atom is -0.384 e. The summed E-state index contributed by atoms with van der Waals surface area (Å²) in [5, 5.41) is 0. The monoisotopic (exact) mass is 128 g/mol. The number of aromatic nitrogens is 1. The molecule has 0 aliphatic heterocycles. The van der Waals surface area contributed by atoms with E-state index in [1.165, 1.54) is 0 Å². The summed E-state index contributed by atoms with van der Waals surface area (Å²) >= 11 is 0. The highest BCUT2D eigenvalue weighted by molar-refractivity contribution is 7.59. The molecule has 44 valence electrons. The number of anilines is 1. The number of nitrogen functional groups attached to an aromatic ring is 1. The first kappa shape index (κ1) is 7.30. The number of nitrogens with two attached hydrogens (primary N) is 1. The van der Waals surface area contributed by atoms with Crippen molar-refractivity contribution in [2.75, 3.05) is 5.73 Å². The van der Waals surface area contributed by atoms with Crippen molar-refractivity contribution in [3.63, 3.8) is 0 Å². The number of pyridine rings is 1. The molecule has 2 N–H and O–H groups in total. The number of rotatable bonds is 0. The minimum atomic E-state index is 0. The Morgan fingerprint density at radius 2 is 2.12 bits per heavy atom. The summed E-state index contributed by atoms with van der Waals surface area (Å²) in [5.41, 5.74) is 5.25. The second-order valence-corrected chi connectivity index (χ2v) is 1.25. The fourth-order valence-corrected chi connectivity index (χ4v) is 0.376. The molecule has 8 heavy (non-hydrogen) atoms. The summed E-state index contributed by atoms with van der Waals surface area (Å²) in [6.45, 7) is 0. The smallest absolute Gasteiger partial charge is 0.123 e. The molecule has 0 saturated carbocycles. The van der Waals surface area contributed by atoms with Crippen molar-refractivity contribution in [3.8, 4) is 0 Å². The number of nitrogens with zero attached hydrogens (tertiary/aromatic N) is 1. The molecule has 1 rings (SSSR count). The van der Waals surface area contributed by atoms with Crippen LogP contribution in [-0.2, 0) is 0 Å². The van der Waals surface area contributed by atoms with Crippen LogP contribution in [0.15, 0.2) is 24.4 Å².